The molecule has 0 saturated carbocycles. The van der Waals surface area contributed by atoms with Crippen LogP contribution in [0.2, 0.25) is 0 Å². The molecule has 35 nitrogen and oxygen atoms in total. The van der Waals surface area contributed by atoms with Crippen LogP contribution in [0.5, 0.6) is 29.4 Å². The zero-order chi connectivity index (χ0) is 94.9. The van der Waals surface area contributed by atoms with Gasteiger partial charge >= 0.3 is 0 Å². The number of aliphatic hydroxyl groups is 3. The van der Waals surface area contributed by atoms with Crippen LogP contribution in [-0.2, 0) is 24.0 Å². The molecule has 5 fully saturated rings. The van der Waals surface area contributed by atoms with E-state index in [0.717, 1.165) is 138 Å². The number of allylic oxidation sites excluding steroid dienone is 15. The highest BCUT2D eigenvalue weighted by Crippen LogP contribution is 2.39. The number of halogens is 1. The number of hydrogen-bond acceptors (Lipinski definition) is 30. The van der Waals surface area contributed by atoms with Gasteiger partial charge in [0.1, 0.15) is 73.2 Å². The molecule has 0 atom stereocenters. The lowest BCUT2D eigenvalue weighted by molar-refractivity contribution is -0.112. The Morgan fingerprint density at radius 1 is 0.321 bits per heavy atom. The zero-order valence-electron chi connectivity index (χ0n) is 76.7. The highest BCUT2D eigenvalue weighted by Gasteiger charge is 2.28. The summed E-state index contributed by atoms with van der Waals surface area (Å²) in [5.41, 5.74) is 21.0. The average Bonchev–Trinajstić information content (AvgIpc) is 1.67. The first kappa shape index (κ1) is 95.8. The number of ether oxygens (including phenoxy) is 5. The van der Waals surface area contributed by atoms with Gasteiger partial charge in [-0.1, -0.05) is 74.0 Å². The Labute approximate surface area is 796 Å². The number of fused-ring (bicyclic) bond motifs is 5. The first-order valence-electron chi connectivity index (χ1n) is 46.9. The molecule has 10 aromatic rings. The number of piperidine rings is 5. The standard InChI is InChI=1S/C21H24N4O3.C20H21ClN4O3.2C20H23N5O2.C20H22N4O3/c1-15-18(26)9-8-16(20(15)27)22-19-17-7-3-6-12-25(17)23-21(19)28-14-13-24-10-4-2-5-11-24;21-14-12-15(18(27)13-17(14)26)22-19-16-6-2-5-9-25(16)23-20(19)28-11-10-24-7-3-1-4-8-24;21-16-14-15(26)7-8-17(16)22-19-18-6-2-5-11-25(18)23-20(19)27-13-12-24-9-3-1-4-10-24;21-15-7-8-16(18(26)14-15)22-19-17-6-2-5-11-25(17)23-20(19)27-13-12-24-9-3-1-4-10-24;25-15-7-8-16(18(26)14-15)21-19-17-6-2-5-11-24(17)22-20(19)27-13-12-23-9-3-1-4-10-23/h3,6-9,12,27H,2,4-5,10-11,13-14H2,1H3;2,5-6,9,12-13,26H,1,3-4,7-8,10-11H2;2*2,5-8,11,14H,1,3-4,9-10,12-13,21H2;2,5-8,11,14,26H,1,3-4,9-10,12-13H2. The first-order chi connectivity index (χ1) is 66.9. The van der Waals surface area contributed by atoms with Gasteiger partial charge < -0.3 is 50.5 Å². The number of rotatable bonds is 25. The van der Waals surface area contributed by atoms with E-state index in [1.54, 1.807) is 53.9 Å². The normalized spacial score (nSPS) is 19.7. The topological polar surface area (TPSA) is 409 Å². The van der Waals surface area contributed by atoms with Crippen LogP contribution in [0, 0.1) is 0 Å². The molecule has 10 aliphatic rings. The molecule has 10 aromatic heterocycles. The number of ketones is 5. The minimum absolute atomic E-state index is 0.0717. The van der Waals surface area contributed by atoms with Gasteiger partial charge in [0.25, 0.3) is 29.4 Å². The number of likely N-dealkylation sites (tertiary alicyclic amines) is 5. The van der Waals surface area contributed by atoms with Crippen molar-refractivity contribution >= 4 is 125 Å². The van der Waals surface area contributed by atoms with Gasteiger partial charge in [-0.15, -0.1) is 25.5 Å². The van der Waals surface area contributed by atoms with Gasteiger partial charge in [0.15, 0.2) is 45.8 Å². The molecule has 0 radical (unpaired) electrons. The fraction of sp³-hybridized carbons (Fsp3) is 0.356. The van der Waals surface area contributed by atoms with E-state index in [2.05, 4.69) is 75.0 Å². The van der Waals surface area contributed by atoms with E-state index in [1.165, 1.54) is 145 Å². The van der Waals surface area contributed by atoms with Gasteiger partial charge in [0, 0.05) is 99.3 Å². The molecule has 0 unspecified atom stereocenters. The third-order valence-electron chi connectivity index (χ3n) is 24.4. The lowest BCUT2D eigenvalue weighted by Crippen LogP contribution is -2.33. The van der Waals surface area contributed by atoms with Gasteiger partial charge in [0.2, 0.25) is 11.6 Å². The molecule has 0 bridgehead atoms. The van der Waals surface area contributed by atoms with E-state index in [9.17, 15) is 39.3 Å². The van der Waals surface area contributed by atoms with Crippen molar-refractivity contribution in [1.29, 1.82) is 0 Å². The second-order valence-electron chi connectivity index (χ2n) is 34.2. The number of hydrogen-bond donors (Lipinski definition) is 5. The lowest BCUT2D eigenvalue weighted by Gasteiger charge is -2.25. The average molecular weight is 1880 g/mol. The number of nitrogens with zero attached hydrogens (tertiary/aromatic N) is 20. The quantitative estimate of drug-likeness (QED) is 0.0262. The molecule has 5 saturated heterocycles. The summed E-state index contributed by atoms with van der Waals surface area (Å²) in [6, 6.07) is 28.4. The maximum Gasteiger partial charge on any atom is 0.260 e. The summed E-state index contributed by atoms with van der Waals surface area (Å²) in [5, 5.41) is 52.5. The number of aromatic nitrogens is 10. The maximum atomic E-state index is 12.2. The van der Waals surface area contributed by atoms with Crippen molar-refractivity contribution in [2.45, 2.75) is 103 Å². The summed E-state index contributed by atoms with van der Waals surface area (Å²) in [6.45, 7) is 19.6. The molecule has 0 amide bonds. The number of nitrogens with two attached hydrogens (primary N) is 2. The number of carbonyl (C=O) groups excluding carboxylic acids is 5. The van der Waals surface area contributed by atoms with Crippen molar-refractivity contribution in [1.82, 2.24) is 72.6 Å². The van der Waals surface area contributed by atoms with Crippen molar-refractivity contribution in [3.05, 3.63) is 240 Å². The van der Waals surface area contributed by atoms with Gasteiger partial charge in [-0.25, -0.2) is 47.5 Å². The van der Waals surface area contributed by atoms with Crippen molar-refractivity contribution in [3.8, 4) is 29.4 Å². The molecule has 5 aliphatic heterocycles. The number of aliphatic hydroxyl groups excluding tert-OH is 3. The summed E-state index contributed by atoms with van der Waals surface area (Å²) in [5.74, 6) is 0.354. The summed E-state index contributed by atoms with van der Waals surface area (Å²) >= 11 is 5.95. The Morgan fingerprint density at radius 3 is 0.964 bits per heavy atom. The van der Waals surface area contributed by atoms with Crippen molar-refractivity contribution in [2.24, 2.45) is 36.4 Å². The summed E-state index contributed by atoms with van der Waals surface area (Å²) < 4.78 is 38.4. The molecule has 5 aliphatic carbocycles. The highest BCUT2D eigenvalue weighted by atomic mass is 35.5. The molecule has 20 rings (SSSR count). The summed E-state index contributed by atoms with van der Waals surface area (Å²) in [4.78, 5) is 93.7. The second-order valence-corrected chi connectivity index (χ2v) is 34.6. The van der Waals surface area contributed by atoms with Crippen molar-refractivity contribution in [3.63, 3.8) is 0 Å². The highest BCUT2D eigenvalue weighted by molar-refractivity contribution is 6.52. The number of pyridine rings is 5. The second kappa shape index (κ2) is 46.7. The van der Waals surface area contributed by atoms with E-state index in [-0.39, 0.29) is 56.7 Å². The van der Waals surface area contributed by atoms with Crippen LogP contribution >= 0.6 is 11.6 Å². The Balaban J connectivity index is 0.000000124. The Hall–Kier alpha value is -14.4. The van der Waals surface area contributed by atoms with E-state index in [1.807, 2.05) is 116 Å². The Kier molecular flexibility index (Phi) is 32.7. The fourth-order valence-electron chi connectivity index (χ4n) is 16.9. The van der Waals surface area contributed by atoms with Gasteiger partial charge in [0.05, 0.1) is 44.0 Å². The summed E-state index contributed by atoms with van der Waals surface area (Å²) in [6.07, 6.45) is 46.6. The third-order valence-corrected chi connectivity index (χ3v) is 24.7. The largest absolute Gasteiger partial charge is 0.506 e. The van der Waals surface area contributed by atoms with Crippen LogP contribution < -0.4 is 35.2 Å². The SMILES string of the molecule is CC1=C(O)C(=Nc2c(OCCN3CCCCC3)nn3ccccc23)C=CC1=O.NC1=CC(=O)C(=Nc2c(OCCN3CCCCC3)nn3ccccc23)C=C1.NC1=CC(=O)C=CC1=Nc1c(OCCN2CCCCC2)nn2ccccc12.O=C1C=C(O)C(Cl)=CC1=Nc1c(OCCN2CCCCC2)nn2ccccc12.O=C1C=CC(=Nc2c(OCCN3CCCCC3)nn3ccccc23)C(O)=C1. The van der Waals surface area contributed by atoms with Crippen LogP contribution in [-0.4, -0.2) is 277 Å². The molecule has 36 heteroatoms. The molecule has 15 heterocycles. The maximum absolute atomic E-state index is 12.2. The molecule has 137 heavy (non-hydrogen) atoms. The monoisotopic (exact) mass is 1880 g/mol. The van der Waals surface area contributed by atoms with Crippen LogP contribution in [0.15, 0.2) is 265 Å². The number of carbonyl (C=O) groups is 5. The summed E-state index contributed by atoms with van der Waals surface area (Å²) in [7, 11) is 0. The van der Waals surface area contributed by atoms with Gasteiger partial charge in [-0.05, 0) is 252 Å². The molecular formula is C101H113ClN22O13. The lowest BCUT2D eigenvalue weighted by atomic mass is 10.0. The van der Waals surface area contributed by atoms with Crippen molar-refractivity contribution in [2.75, 3.05) is 131 Å². The minimum atomic E-state index is -0.420. The predicted octanol–water partition coefficient (Wildman–Crippen LogP) is 14.0. The number of aliphatic imine (C=N–C) groups is 5. The fourth-order valence-corrected chi connectivity index (χ4v) is 17.1. The molecular weight excluding hydrogens is 1760 g/mol. The van der Waals surface area contributed by atoms with Crippen molar-refractivity contribution < 1.29 is 63.0 Å². The smallest absolute Gasteiger partial charge is 0.260 e. The molecule has 7 N–H and O–H groups in total. The van der Waals surface area contributed by atoms with E-state index in [0.29, 0.717) is 125 Å². The molecule has 0 aromatic carbocycles. The minimum Gasteiger partial charge on any atom is -0.506 e. The zero-order valence-corrected chi connectivity index (χ0v) is 77.5. The third kappa shape index (κ3) is 25.2. The van der Waals surface area contributed by atoms with E-state index in [4.69, 9.17) is 46.8 Å². The predicted molar refractivity (Wildman–Crippen MR) is 527 cm³/mol. The van der Waals surface area contributed by atoms with Crippen LogP contribution in [0.4, 0.5) is 28.4 Å². The van der Waals surface area contributed by atoms with Gasteiger partial charge in [-0.2, -0.15) is 0 Å². The van der Waals surface area contributed by atoms with Crippen LogP contribution in [0.25, 0.3) is 27.6 Å². The molecule has 0 spiro atoms. The van der Waals surface area contributed by atoms with Crippen LogP contribution in [0.3, 0.4) is 0 Å². The van der Waals surface area contributed by atoms with Crippen LogP contribution in [0.1, 0.15) is 103 Å². The van der Waals surface area contributed by atoms with E-state index < -0.39 is 5.78 Å². The first-order valence-corrected chi connectivity index (χ1v) is 47.3. The molecule has 712 valence electrons. The Morgan fingerprint density at radius 2 is 0.620 bits per heavy atom. The van der Waals surface area contributed by atoms with E-state index >= 15 is 0 Å². The van der Waals surface area contributed by atoms with Gasteiger partial charge in [-0.3, -0.25) is 48.5 Å². The Bertz CT molecular complexity index is 6440.